The monoisotopic (exact) mass is 289 g/mol. The van der Waals surface area contributed by atoms with E-state index in [0.29, 0.717) is 12.8 Å². The van der Waals surface area contributed by atoms with Crippen molar-refractivity contribution in [1.82, 2.24) is 4.90 Å². The van der Waals surface area contributed by atoms with Crippen LogP contribution in [0.2, 0.25) is 0 Å². The van der Waals surface area contributed by atoms with Crippen molar-refractivity contribution >= 4 is 11.8 Å². The number of β-amino-alcohol motifs (C(OH)–C–C–N with tert-alkyl or cyclic N) is 1. The highest BCUT2D eigenvalue weighted by Gasteiger charge is 2.51. The second-order valence-corrected chi connectivity index (χ2v) is 5.85. The van der Waals surface area contributed by atoms with E-state index in [0.717, 1.165) is 11.1 Å². The van der Waals surface area contributed by atoms with E-state index in [-0.39, 0.29) is 24.8 Å². The number of aliphatic hydroxyl groups excluding tert-OH is 1. The number of benzene rings is 1. The number of nitrogens with zero attached hydrogens (tertiary/aromatic N) is 1. The first-order valence-corrected chi connectivity index (χ1v) is 7.54. The summed E-state index contributed by atoms with van der Waals surface area (Å²) in [7, 11) is 0. The maximum Gasteiger partial charge on any atom is 0.240 e. The highest BCUT2D eigenvalue weighted by molar-refractivity contribution is 6.09. The topological polar surface area (TPSA) is 57.6 Å². The lowest BCUT2D eigenvalue weighted by Crippen LogP contribution is -2.41. The Kier molecular flexibility index (Phi) is 4.47. The quantitative estimate of drug-likeness (QED) is 0.845. The van der Waals surface area contributed by atoms with Gasteiger partial charge in [0.2, 0.25) is 11.8 Å². The van der Waals surface area contributed by atoms with Crippen LogP contribution < -0.4 is 0 Å². The lowest BCUT2D eigenvalue weighted by atomic mass is 9.76. The van der Waals surface area contributed by atoms with Gasteiger partial charge in [-0.25, -0.2) is 0 Å². The molecule has 1 aliphatic rings. The average molecular weight is 289 g/mol. The summed E-state index contributed by atoms with van der Waals surface area (Å²) >= 11 is 0. The first-order chi connectivity index (χ1) is 9.94. The number of hydrogen-bond donors (Lipinski definition) is 1. The van der Waals surface area contributed by atoms with Crippen molar-refractivity contribution in [3.05, 3.63) is 35.4 Å². The fourth-order valence-corrected chi connectivity index (χ4v) is 2.90. The molecule has 0 aromatic heterocycles. The van der Waals surface area contributed by atoms with Gasteiger partial charge in [0.1, 0.15) is 0 Å². The van der Waals surface area contributed by atoms with E-state index in [2.05, 4.69) is 0 Å². The Bertz CT molecular complexity index is 537. The SMILES string of the molecule is CC[C@@H](O)CN1C(=O)C[C@@](CC)(c2ccc(C)cc2)C1=O. The number of rotatable bonds is 5. The molecule has 0 bridgehead atoms. The van der Waals surface area contributed by atoms with Gasteiger partial charge < -0.3 is 5.11 Å². The Balaban J connectivity index is 2.35. The molecule has 4 heteroatoms. The van der Waals surface area contributed by atoms with E-state index in [1.165, 1.54) is 4.90 Å². The molecule has 0 radical (unpaired) electrons. The number of amides is 2. The van der Waals surface area contributed by atoms with Gasteiger partial charge in [-0.3, -0.25) is 14.5 Å². The number of carbonyl (C=O) groups is 2. The Morgan fingerprint density at radius 1 is 1.24 bits per heavy atom. The van der Waals surface area contributed by atoms with Gasteiger partial charge in [-0.05, 0) is 25.3 Å². The van der Waals surface area contributed by atoms with Gasteiger partial charge >= 0.3 is 0 Å². The van der Waals surface area contributed by atoms with Crippen LogP contribution in [0.3, 0.4) is 0 Å². The van der Waals surface area contributed by atoms with Crippen molar-refractivity contribution in [2.45, 2.75) is 51.6 Å². The van der Waals surface area contributed by atoms with E-state index >= 15 is 0 Å². The Labute approximate surface area is 125 Å². The van der Waals surface area contributed by atoms with Crippen LogP contribution in [0, 0.1) is 6.92 Å². The van der Waals surface area contributed by atoms with Gasteiger partial charge in [0.15, 0.2) is 0 Å². The van der Waals surface area contributed by atoms with Crippen LogP contribution in [0.1, 0.15) is 44.2 Å². The van der Waals surface area contributed by atoms with Gasteiger partial charge in [-0.15, -0.1) is 0 Å². The zero-order valence-electron chi connectivity index (χ0n) is 12.9. The number of aliphatic hydroxyl groups is 1. The molecular weight excluding hydrogens is 266 g/mol. The van der Waals surface area contributed by atoms with Crippen LogP contribution in [-0.4, -0.2) is 34.5 Å². The summed E-state index contributed by atoms with van der Waals surface area (Å²) in [6.07, 6.45) is 0.658. The molecule has 21 heavy (non-hydrogen) atoms. The van der Waals surface area contributed by atoms with E-state index in [4.69, 9.17) is 0 Å². The number of aryl methyl sites for hydroxylation is 1. The average Bonchev–Trinajstić information content (AvgIpc) is 2.73. The summed E-state index contributed by atoms with van der Waals surface area (Å²) in [6.45, 7) is 5.86. The summed E-state index contributed by atoms with van der Waals surface area (Å²) in [4.78, 5) is 26.3. The van der Waals surface area contributed by atoms with Crippen LogP contribution in [0.25, 0.3) is 0 Å². The summed E-state index contributed by atoms with van der Waals surface area (Å²) < 4.78 is 0. The molecule has 0 spiro atoms. The van der Waals surface area contributed by atoms with Gasteiger partial charge in [0.05, 0.1) is 18.1 Å². The fraction of sp³-hybridized carbons (Fsp3) is 0.529. The van der Waals surface area contributed by atoms with Crippen LogP contribution in [0.4, 0.5) is 0 Å². The van der Waals surface area contributed by atoms with Crippen LogP contribution in [0.5, 0.6) is 0 Å². The minimum Gasteiger partial charge on any atom is -0.391 e. The molecule has 1 N–H and O–H groups in total. The van der Waals surface area contributed by atoms with Crippen LogP contribution in [-0.2, 0) is 15.0 Å². The predicted octanol–water partition coefficient (Wildman–Crippen LogP) is 2.17. The number of likely N-dealkylation sites (tertiary alicyclic amines) is 1. The van der Waals surface area contributed by atoms with Gasteiger partial charge in [-0.1, -0.05) is 43.7 Å². The molecule has 1 aliphatic heterocycles. The lowest BCUT2D eigenvalue weighted by Gasteiger charge is -2.26. The van der Waals surface area contributed by atoms with Crippen molar-refractivity contribution in [2.24, 2.45) is 0 Å². The smallest absolute Gasteiger partial charge is 0.240 e. The summed E-state index contributed by atoms with van der Waals surface area (Å²) in [5, 5.41) is 9.76. The maximum absolute atomic E-state index is 12.8. The molecular formula is C17H23NO3. The number of imide groups is 1. The van der Waals surface area contributed by atoms with Crippen molar-refractivity contribution in [3.8, 4) is 0 Å². The molecule has 4 nitrogen and oxygen atoms in total. The minimum absolute atomic E-state index is 0.0990. The summed E-state index contributed by atoms with van der Waals surface area (Å²) in [6, 6.07) is 7.80. The number of hydrogen-bond acceptors (Lipinski definition) is 3. The third-order valence-corrected chi connectivity index (χ3v) is 4.48. The predicted molar refractivity (Wildman–Crippen MR) is 80.8 cm³/mol. The standard InChI is InChI=1S/C17H23NO3/c1-4-14(19)11-18-15(20)10-17(5-2,16(18)21)13-8-6-12(3)7-9-13/h6-9,14,19H,4-5,10-11H2,1-3H3/t14-,17+/m1/s1. The highest BCUT2D eigenvalue weighted by atomic mass is 16.3. The van der Waals surface area contributed by atoms with Crippen molar-refractivity contribution in [2.75, 3.05) is 6.54 Å². The Morgan fingerprint density at radius 3 is 2.38 bits per heavy atom. The largest absolute Gasteiger partial charge is 0.391 e. The molecule has 0 unspecified atom stereocenters. The summed E-state index contributed by atoms with van der Waals surface area (Å²) in [5.41, 5.74) is 1.25. The van der Waals surface area contributed by atoms with E-state index < -0.39 is 11.5 Å². The van der Waals surface area contributed by atoms with Crippen LogP contribution >= 0.6 is 0 Å². The molecule has 1 fully saturated rings. The molecule has 2 rings (SSSR count). The fourth-order valence-electron chi connectivity index (χ4n) is 2.90. The molecule has 0 saturated carbocycles. The van der Waals surface area contributed by atoms with Crippen LogP contribution in [0.15, 0.2) is 24.3 Å². The molecule has 1 heterocycles. The van der Waals surface area contributed by atoms with E-state index in [1.807, 2.05) is 45.0 Å². The molecule has 2 atom stereocenters. The minimum atomic E-state index is -0.766. The molecule has 1 saturated heterocycles. The first-order valence-electron chi connectivity index (χ1n) is 7.54. The molecule has 1 aromatic rings. The first kappa shape index (κ1) is 15.7. The Morgan fingerprint density at radius 2 is 1.86 bits per heavy atom. The van der Waals surface area contributed by atoms with Crippen molar-refractivity contribution in [3.63, 3.8) is 0 Å². The number of carbonyl (C=O) groups excluding carboxylic acids is 2. The summed E-state index contributed by atoms with van der Waals surface area (Å²) in [5.74, 6) is -0.360. The van der Waals surface area contributed by atoms with E-state index in [9.17, 15) is 14.7 Å². The molecule has 2 amide bonds. The normalized spacial score (nSPS) is 23.7. The molecule has 0 aliphatic carbocycles. The molecule has 1 aromatic carbocycles. The second-order valence-electron chi connectivity index (χ2n) is 5.85. The Hall–Kier alpha value is -1.68. The van der Waals surface area contributed by atoms with Gasteiger partial charge in [0, 0.05) is 6.42 Å². The maximum atomic E-state index is 12.8. The highest BCUT2D eigenvalue weighted by Crippen LogP contribution is 2.39. The van der Waals surface area contributed by atoms with Crippen molar-refractivity contribution < 1.29 is 14.7 Å². The third kappa shape index (κ3) is 2.72. The van der Waals surface area contributed by atoms with Crippen molar-refractivity contribution in [1.29, 1.82) is 0 Å². The van der Waals surface area contributed by atoms with Gasteiger partial charge in [-0.2, -0.15) is 0 Å². The molecule has 114 valence electrons. The zero-order valence-corrected chi connectivity index (χ0v) is 12.9. The van der Waals surface area contributed by atoms with Gasteiger partial charge in [0.25, 0.3) is 0 Å². The lowest BCUT2D eigenvalue weighted by molar-refractivity contribution is -0.141. The third-order valence-electron chi connectivity index (χ3n) is 4.48. The zero-order chi connectivity index (χ0) is 15.6. The van der Waals surface area contributed by atoms with E-state index in [1.54, 1.807) is 0 Å². The second kappa shape index (κ2) is 5.98.